The zero-order chi connectivity index (χ0) is 10.9. The molecule has 0 saturated heterocycles. The van der Waals surface area contributed by atoms with Crippen molar-refractivity contribution in [2.75, 3.05) is 0 Å². The summed E-state index contributed by atoms with van der Waals surface area (Å²) >= 11 is 1.42. The van der Waals surface area contributed by atoms with Crippen LogP contribution in [0.3, 0.4) is 0 Å². The van der Waals surface area contributed by atoms with E-state index in [1.165, 1.54) is 30.4 Å². The number of hydrogen-bond donors (Lipinski definition) is 1. The molecule has 1 aromatic rings. The van der Waals surface area contributed by atoms with Gasteiger partial charge in [-0.25, -0.2) is 4.98 Å². The van der Waals surface area contributed by atoms with Crippen LogP contribution >= 0.6 is 11.3 Å². The minimum absolute atomic E-state index is 0.676. The highest BCUT2D eigenvalue weighted by molar-refractivity contribution is 7.11. The number of unbranched alkanes of at least 4 members (excludes halogenated alkanes) is 3. The molecule has 1 aromatic heterocycles. The standard InChI is InChI=1S/C11H14N2OS/c1-2-3-4-5-6-7-10-9-15-11(13-10)8-12-14/h8-9,14H,2-5H2,1H3/b12-8-. The molecule has 0 amide bonds. The van der Waals surface area contributed by atoms with Crippen LogP contribution in [0.5, 0.6) is 0 Å². The molecule has 0 saturated carbocycles. The summed E-state index contributed by atoms with van der Waals surface area (Å²) in [7, 11) is 0. The summed E-state index contributed by atoms with van der Waals surface area (Å²) in [4.78, 5) is 4.15. The van der Waals surface area contributed by atoms with Gasteiger partial charge in [0.15, 0.2) is 0 Å². The number of nitrogens with zero attached hydrogens (tertiary/aromatic N) is 2. The third-order valence-electron chi connectivity index (χ3n) is 1.81. The van der Waals surface area contributed by atoms with Crippen LogP contribution in [0.2, 0.25) is 0 Å². The molecule has 0 bridgehead atoms. The van der Waals surface area contributed by atoms with Gasteiger partial charge in [0.25, 0.3) is 0 Å². The van der Waals surface area contributed by atoms with Gasteiger partial charge in [-0.2, -0.15) is 0 Å². The van der Waals surface area contributed by atoms with Gasteiger partial charge in [0, 0.05) is 11.8 Å². The highest BCUT2D eigenvalue weighted by Gasteiger charge is 1.95. The summed E-state index contributed by atoms with van der Waals surface area (Å²) in [5.41, 5.74) is 0.756. The minimum atomic E-state index is 0.676. The Morgan fingerprint density at radius 1 is 1.60 bits per heavy atom. The van der Waals surface area contributed by atoms with Crippen molar-refractivity contribution in [3.05, 3.63) is 16.1 Å². The Kier molecular flexibility index (Phi) is 5.49. The van der Waals surface area contributed by atoms with Crippen LogP contribution < -0.4 is 0 Å². The van der Waals surface area contributed by atoms with Crippen molar-refractivity contribution in [1.82, 2.24) is 4.98 Å². The molecule has 0 fully saturated rings. The van der Waals surface area contributed by atoms with Crippen molar-refractivity contribution in [3.8, 4) is 11.8 Å². The first-order chi connectivity index (χ1) is 7.36. The van der Waals surface area contributed by atoms with Crippen LogP contribution in [0.15, 0.2) is 10.5 Å². The first-order valence-corrected chi connectivity index (χ1v) is 5.86. The lowest BCUT2D eigenvalue weighted by Crippen LogP contribution is -1.79. The Morgan fingerprint density at radius 2 is 2.47 bits per heavy atom. The van der Waals surface area contributed by atoms with Gasteiger partial charge >= 0.3 is 0 Å². The van der Waals surface area contributed by atoms with E-state index in [9.17, 15) is 0 Å². The molecule has 0 aliphatic heterocycles. The molecule has 0 unspecified atom stereocenters. The Bertz CT molecular complexity index is 373. The second-order valence-electron chi connectivity index (χ2n) is 3.07. The second kappa shape index (κ2) is 7.02. The summed E-state index contributed by atoms with van der Waals surface area (Å²) in [6.07, 6.45) is 5.84. The lowest BCUT2D eigenvalue weighted by Gasteiger charge is -1.87. The van der Waals surface area contributed by atoms with Crippen LogP contribution in [0.25, 0.3) is 0 Å². The molecule has 1 heterocycles. The van der Waals surface area contributed by atoms with Gasteiger partial charge in [-0.3, -0.25) is 0 Å². The van der Waals surface area contributed by atoms with E-state index < -0.39 is 0 Å². The predicted molar refractivity (Wildman–Crippen MR) is 62.5 cm³/mol. The van der Waals surface area contributed by atoms with Crippen molar-refractivity contribution in [1.29, 1.82) is 0 Å². The monoisotopic (exact) mass is 222 g/mol. The molecule has 3 nitrogen and oxygen atoms in total. The Labute approximate surface area is 93.9 Å². The van der Waals surface area contributed by atoms with E-state index in [2.05, 4.69) is 28.9 Å². The van der Waals surface area contributed by atoms with Gasteiger partial charge in [0.05, 0.1) is 0 Å². The number of oxime groups is 1. The lowest BCUT2D eigenvalue weighted by molar-refractivity contribution is 0.322. The van der Waals surface area contributed by atoms with Crippen molar-refractivity contribution < 1.29 is 5.21 Å². The van der Waals surface area contributed by atoms with Gasteiger partial charge in [-0.05, 0) is 12.3 Å². The van der Waals surface area contributed by atoms with Gasteiger partial charge in [-0.1, -0.05) is 30.8 Å². The van der Waals surface area contributed by atoms with E-state index in [1.807, 2.05) is 5.38 Å². The molecule has 1 rings (SSSR count). The van der Waals surface area contributed by atoms with Gasteiger partial charge in [0.2, 0.25) is 0 Å². The molecular weight excluding hydrogens is 208 g/mol. The van der Waals surface area contributed by atoms with Crippen molar-refractivity contribution in [3.63, 3.8) is 0 Å². The molecule has 0 aromatic carbocycles. The van der Waals surface area contributed by atoms with E-state index >= 15 is 0 Å². The largest absolute Gasteiger partial charge is 0.411 e. The smallest absolute Gasteiger partial charge is 0.139 e. The van der Waals surface area contributed by atoms with E-state index in [0.717, 1.165) is 18.5 Å². The molecule has 0 radical (unpaired) electrons. The van der Waals surface area contributed by atoms with Gasteiger partial charge in [0.1, 0.15) is 16.9 Å². The van der Waals surface area contributed by atoms with Crippen molar-refractivity contribution in [2.45, 2.75) is 32.6 Å². The van der Waals surface area contributed by atoms with Crippen LogP contribution in [0.4, 0.5) is 0 Å². The Morgan fingerprint density at radius 3 is 3.20 bits per heavy atom. The third kappa shape index (κ3) is 4.61. The maximum absolute atomic E-state index is 8.30. The van der Waals surface area contributed by atoms with Crippen molar-refractivity contribution in [2.24, 2.45) is 5.16 Å². The quantitative estimate of drug-likeness (QED) is 0.280. The van der Waals surface area contributed by atoms with Crippen LogP contribution in [-0.2, 0) is 0 Å². The van der Waals surface area contributed by atoms with E-state index in [1.54, 1.807) is 0 Å². The molecule has 0 atom stereocenters. The second-order valence-corrected chi connectivity index (χ2v) is 3.96. The van der Waals surface area contributed by atoms with Crippen LogP contribution in [0, 0.1) is 11.8 Å². The summed E-state index contributed by atoms with van der Waals surface area (Å²) < 4.78 is 0. The summed E-state index contributed by atoms with van der Waals surface area (Å²) in [5, 5.41) is 13.8. The third-order valence-corrected chi connectivity index (χ3v) is 2.59. The molecule has 80 valence electrons. The molecule has 4 heteroatoms. The van der Waals surface area contributed by atoms with Crippen molar-refractivity contribution >= 4 is 17.6 Å². The number of aromatic nitrogens is 1. The SMILES string of the molecule is CCCCCC#Cc1csc(/C=N\O)n1. The lowest BCUT2D eigenvalue weighted by atomic mass is 10.2. The Balaban J connectivity index is 2.42. The molecule has 15 heavy (non-hydrogen) atoms. The van der Waals surface area contributed by atoms with Crippen LogP contribution in [0.1, 0.15) is 43.3 Å². The molecule has 0 aliphatic carbocycles. The summed E-state index contributed by atoms with van der Waals surface area (Å²) in [6, 6.07) is 0. The number of rotatable bonds is 4. The van der Waals surface area contributed by atoms with Crippen LogP contribution in [-0.4, -0.2) is 16.4 Å². The van der Waals surface area contributed by atoms with Gasteiger partial charge < -0.3 is 5.21 Å². The summed E-state index contributed by atoms with van der Waals surface area (Å²) in [5.74, 6) is 6.07. The average molecular weight is 222 g/mol. The molecule has 0 spiro atoms. The van der Waals surface area contributed by atoms with Gasteiger partial charge in [-0.15, -0.1) is 11.3 Å². The number of thiazole rings is 1. The fourth-order valence-corrected chi connectivity index (χ4v) is 1.67. The first kappa shape index (κ1) is 11.7. The minimum Gasteiger partial charge on any atom is -0.411 e. The highest BCUT2D eigenvalue weighted by Crippen LogP contribution is 2.06. The topological polar surface area (TPSA) is 45.5 Å². The zero-order valence-corrected chi connectivity index (χ0v) is 9.55. The normalized spacial score (nSPS) is 10.2. The molecule has 0 aliphatic rings. The number of hydrogen-bond acceptors (Lipinski definition) is 4. The average Bonchev–Trinajstić information content (AvgIpc) is 2.66. The fourth-order valence-electron chi connectivity index (χ4n) is 1.07. The predicted octanol–water partition coefficient (Wildman–Crippen LogP) is 2.88. The van der Waals surface area contributed by atoms with E-state index in [4.69, 9.17) is 5.21 Å². The highest BCUT2D eigenvalue weighted by atomic mass is 32.1. The van der Waals surface area contributed by atoms with E-state index in [0.29, 0.717) is 5.01 Å². The zero-order valence-electron chi connectivity index (χ0n) is 8.73. The maximum atomic E-state index is 8.30. The fraction of sp³-hybridized carbons (Fsp3) is 0.455. The first-order valence-electron chi connectivity index (χ1n) is 4.98. The summed E-state index contributed by atoms with van der Waals surface area (Å²) in [6.45, 7) is 2.17. The molecular formula is C11H14N2OS. The molecule has 1 N–H and O–H groups in total. The van der Waals surface area contributed by atoms with E-state index in [-0.39, 0.29) is 0 Å². The Hall–Kier alpha value is -1.34. The maximum Gasteiger partial charge on any atom is 0.139 e.